The minimum absolute atomic E-state index is 0.0370. The van der Waals surface area contributed by atoms with Crippen molar-refractivity contribution in [2.45, 2.75) is 13.1 Å². The van der Waals surface area contributed by atoms with E-state index in [-0.39, 0.29) is 11.4 Å². The fourth-order valence-corrected chi connectivity index (χ4v) is 1.99. The maximum Gasteiger partial charge on any atom is 0.418 e. The van der Waals surface area contributed by atoms with Crippen LogP contribution in [0.25, 0.3) is 0 Å². The Hall–Kier alpha value is -3.29. The molecule has 0 aliphatic heterocycles. The summed E-state index contributed by atoms with van der Waals surface area (Å²) < 4.78 is 44.7. The highest BCUT2D eigenvalue weighted by Crippen LogP contribution is 2.36. The van der Waals surface area contributed by atoms with E-state index >= 15 is 0 Å². The standard InChI is InChI=1S/C18H15F3N2O3/c1-2-3-4-7-16(24)23-14-9-8-12(11-13(14)18(19,20)21)22-17(25)15-6-5-10-26-15/h2-11H,1H3,(H,22,25)(H,23,24)/b3-2+,7-4+. The van der Waals surface area contributed by atoms with E-state index in [0.29, 0.717) is 0 Å². The highest BCUT2D eigenvalue weighted by molar-refractivity contribution is 6.03. The average molecular weight is 364 g/mol. The first-order valence-corrected chi connectivity index (χ1v) is 7.47. The second-order valence-electron chi connectivity index (χ2n) is 5.06. The molecule has 2 amide bonds. The summed E-state index contributed by atoms with van der Waals surface area (Å²) in [5, 5.41) is 4.48. The van der Waals surface area contributed by atoms with Crippen LogP contribution in [0.3, 0.4) is 0 Å². The van der Waals surface area contributed by atoms with Crippen molar-refractivity contribution >= 4 is 23.2 Å². The second-order valence-corrected chi connectivity index (χ2v) is 5.06. The zero-order chi connectivity index (χ0) is 19.2. The fraction of sp³-hybridized carbons (Fsp3) is 0.111. The van der Waals surface area contributed by atoms with Crippen LogP contribution >= 0.6 is 0 Å². The molecule has 0 bridgehead atoms. The summed E-state index contributed by atoms with van der Waals surface area (Å²) in [5.41, 5.74) is -1.58. The van der Waals surface area contributed by atoms with Crippen molar-refractivity contribution in [2.24, 2.45) is 0 Å². The normalized spacial score (nSPS) is 11.8. The molecule has 0 fully saturated rings. The van der Waals surface area contributed by atoms with Crippen molar-refractivity contribution in [3.05, 3.63) is 72.2 Å². The van der Waals surface area contributed by atoms with E-state index in [1.165, 1.54) is 30.5 Å². The number of benzene rings is 1. The molecule has 0 unspecified atom stereocenters. The highest BCUT2D eigenvalue weighted by atomic mass is 19.4. The van der Waals surface area contributed by atoms with E-state index in [2.05, 4.69) is 10.6 Å². The number of carbonyl (C=O) groups is 2. The number of allylic oxidation sites excluding steroid dienone is 3. The molecule has 0 saturated carbocycles. The van der Waals surface area contributed by atoms with Gasteiger partial charge < -0.3 is 15.1 Å². The molecule has 2 N–H and O–H groups in total. The van der Waals surface area contributed by atoms with E-state index in [1.54, 1.807) is 19.1 Å². The van der Waals surface area contributed by atoms with E-state index in [9.17, 15) is 22.8 Å². The van der Waals surface area contributed by atoms with Crippen molar-refractivity contribution in [2.75, 3.05) is 10.6 Å². The lowest BCUT2D eigenvalue weighted by Crippen LogP contribution is -2.16. The summed E-state index contributed by atoms with van der Waals surface area (Å²) in [5.74, 6) is -1.43. The lowest BCUT2D eigenvalue weighted by Gasteiger charge is -2.15. The number of hydrogen-bond acceptors (Lipinski definition) is 3. The molecule has 0 saturated heterocycles. The van der Waals surface area contributed by atoms with Crippen LogP contribution in [0, 0.1) is 0 Å². The predicted molar refractivity (Wildman–Crippen MR) is 90.7 cm³/mol. The number of furan rings is 1. The third-order valence-electron chi connectivity index (χ3n) is 3.14. The third kappa shape index (κ3) is 5.10. The summed E-state index contributed by atoms with van der Waals surface area (Å²) in [6.07, 6.45) is 2.29. The Kier molecular flexibility index (Phi) is 6.00. The van der Waals surface area contributed by atoms with Crippen LogP contribution in [-0.4, -0.2) is 11.8 Å². The largest absolute Gasteiger partial charge is 0.459 e. The average Bonchev–Trinajstić information content (AvgIpc) is 3.10. The number of rotatable bonds is 5. The number of halogens is 3. The van der Waals surface area contributed by atoms with Crippen molar-refractivity contribution in [1.82, 2.24) is 0 Å². The molecular weight excluding hydrogens is 349 g/mol. The maximum atomic E-state index is 13.3. The van der Waals surface area contributed by atoms with Gasteiger partial charge in [-0.05, 0) is 37.3 Å². The molecule has 26 heavy (non-hydrogen) atoms. The van der Waals surface area contributed by atoms with Gasteiger partial charge in [-0.3, -0.25) is 9.59 Å². The molecule has 5 nitrogen and oxygen atoms in total. The van der Waals surface area contributed by atoms with Gasteiger partial charge in [0.2, 0.25) is 5.91 Å². The zero-order valence-electron chi connectivity index (χ0n) is 13.6. The molecule has 136 valence electrons. The molecule has 2 aromatic rings. The van der Waals surface area contributed by atoms with Crippen molar-refractivity contribution in [3.8, 4) is 0 Å². The summed E-state index contributed by atoms with van der Waals surface area (Å²) in [4.78, 5) is 23.6. The van der Waals surface area contributed by atoms with Crippen LogP contribution in [0.15, 0.2) is 65.3 Å². The molecule has 8 heteroatoms. The van der Waals surface area contributed by atoms with Gasteiger partial charge in [0, 0.05) is 11.8 Å². The van der Waals surface area contributed by atoms with Gasteiger partial charge in [0.1, 0.15) is 0 Å². The van der Waals surface area contributed by atoms with Gasteiger partial charge in [-0.2, -0.15) is 13.2 Å². The monoisotopic (exact) mass is 364 g/mol. The number of nitrogens with one attached hydrogen (secondary N) is 2. The lowest BCUT2D eigenvalue weighted by molar-refractivity contribution is -0.136. The molecule has 2 rings (SSSR count). The molecule has 0 atom stereocenters. The van der Waals surface area contributed by atoms with Crippen LogP contribution in [0.4, 0.5) is 24.5 Å². The predicted octanol–water partition coefficient (Wildman–Crippen LogP) is 4.62. The molecule has 0 radical (unpaired) electrons. The Balaban J connectivity index is 2.24. The molecule has 1 aromatic heterocycles. The number of amides is 2. The molecule has 0 spiro atoms. The van der Waals surface area contributed by atoms with Crippen LogP contribution < -0.4 is 10.6 Å². The minimum atomic E-state index is -4.72. The Labute approximate surface area is 147 Å². The van der Waals surface area contributed by atoms with Crippen LogP contribution in [-0.2, 0) is 11.0 Å². The number of carbonyl (C=O) groups excluding carboxylic acids is 2. The lowest BCUT2D eigenvalue weighted by atomic mass is 10.1. The maximum absolute atomic E-state index is 13.3. The highest BCUT2D eigenvalue weighted by Gasteiger charge is 2.34. The SMILES string of the molecule is C/C=C/C=C/C(=O)Nc1ccc(NC(=O)c2ccco2)cc1C(F)(F)F. The van der Waals surface area contributed by atoms with Crippen molar-refractivity contribution in [3.63, 3.8) is 0 Å². The Morgan fingerprint density at radius 1 is 1.12 bits per heavy atom. The molecule has 1 aromatic carbocycles. The Morgan fingerprint density at radius 3 is 2.50 bits per heavy atom. The minimum Gasteiger partial charge on any atom is -0.459 e. The Bertz CT molecular complexity index is 838. The van der Waals surface area contributed by atoms with Crippen LogP contribution in [0.1, 0.15) is 23.0 Å². The Morgan fingerprint density at radius 2 is 1.88 bits per heavy atom. The van der Waals surface area contributed by atoms with Gasteiger partial charge in [0.25, 0.3) is 5.91 Å². The number of anilines is 2. The van der Waals surface area contributed by atoms with Gasteiger partial charge in [-0.25, -0.2) is 0 Å². The summed E-state index contributed by atoms with van der Waals surface area (Å²) in [6, 6.07) is 5.93. The first kappa shape index (κ1) is 19.0. The topological polar surface area (TPSA) is 71.3 Å². The summed E-state index contributed by atoms with van der Waals surface area (Å²) >= 11 is 0. The van der Waals surface area contributed by atoms with Crippen LogP contribution in [0.2, 0.25) is 0 Å². The smallest absolute Gasteiger partial charge is 0.418 e. The van der Waals surface area contributed by atoms with Gasteiger partial charge in [0.15, 0.2) is 5.76 Å². The first-order chi connectivity index (χ1) is 12.3. The molecular formula is C18H15F3N2O3. The molecule has 0 aliphatic rings. The van der Waals surface area contributed by atoms with Crippen LogP contribution in [0.5, 0.6) is 0 Å². The van der Waals surface area contributed by atoms with Crippen molar-refractivity contribution in [1.29, 1.82) is 0 Å². The first-order valence-electron chi connectivity index (χ1n) is 7.47. The number of alkyl halides is 3. The molecule has 0 aliphatic carbocycles. The second kappa shape index (κ2) is 8.19. The number of hydrogen-bond donors (Lipinski definition) is 2. The molecule has 1 heterocycles. The fourth-order valence-electron chi connectivity index (χ4n) is 1.99. The summed E-state index contributed by atoms with van der Waals surface area (Å²) in [6.45, 7) is 1.74. The van der Waals surface area contributed by atoms with E-state index in [1.807, 2.05) is 0 Å². The van der Waals surface area contributed by atoms with Crippen molar-refractivity contribution < 1.29 is 27.2 Å². The van der Waals surface area contributed by atoms with E-state index < -0.39 is 29.2 Å². The summed E-state index contributed by atoms with van der Waals surface area (Å²) in [7, 11) is 0. The zero-order valence-corrected chi connectivity index (χ0v) is 13.6. The van der Waals surface area contributed by atoms with Gasteiger partial charge >= 0.3 is 6.18 Å². The van der Waals surface area contributed by atoms with Gasteiger partial charge in [-0.15, -0.1) is 0 Å². The van der Waals surface area contributed by atoms with Gasteiger partial charge in [0.05, 0.1) is 17.5 Å². The van der Waals surface area contributed by atoms with Gasteiger partial charge in [-0.1, -0.05) is 18.2 Å². The van der Waals surface area contributed by atoms with E-state index in [4.69, 9.17) is 4.42 Å². The quantitative estimate of drug-likeness (QED) is 0.601. The third-order valence-corrected chi connectivity index (χ3v) is 3.14. The van der Waals surface area contributed by atoms with E-state index in [0.717, 1.165) is 18.2 Å².